The van der Waals surface area contributed by atoms with E-state index >= 15 is 0 Å². The molecule has 1 atom stereocenters. The zero-order valence-electron chi connectivity index (χ0n) is 9.87. The molecule has 1 heterocycles. The highest BCUT2D eigenvalue weighted by Gasteiger charge is 2.18. The number of amides is 1. The summed E-state index contributed by atoms with van der Waals surface area (Å²) in [4.78, 5) is 11.4. The highest BCUT2D eigenvalue weighted by atomic mass is 19.1. The fraction of sp³-hybridized carbons (Fsp3) is 0.385. The molecule has 4 nitrogen and oxygen atoms in total. The average molecular weight is 247 g/mol. The maximum atomic E-state index is 13.0. The number of nitriles is 1. The first-order valence-corrected chi connectivity index (χ1v) is 5.92. The van der Waals surface area contributed by atoms with Crippen molar-refractivity contribution in [3.05, 3.63) is 29.6 Å². The lowest BCUT2D eigenvalue weighted by Crippen LogP contribution is -2.27. The van der Waals surface area contributed by atoms with Crippen LogP contribution in [0.4, 0.5) is 10.1 Å². The number of hydrogen-bond acceptors (Lipinski definition) is 3. The Morgan fingerprint density at radius 3 is 3.11 bits per heavy atom. The van der Waals surface area contributed by atoms with Crippen molar-refractivity contribution in [3.63, 3.8) is 0 Å². The zero-order valence-corrected chi connectivity index (χ0v) is 9.87. The van der Waals surface area contributed by atoms with Gasteiger partial charge in [0, 0.05) is 19.0 Å². The van der Waals surface area contributed by atoms with Crippen molar-refractivity contribution >= 4 is 11.6 Å². The molecule has 0 aliphatic carbocycles. The first kappa shape index (κ1) is 12.4. The van der Waals surface area contributed by atoms with Crippen LogP contribution in [0.25, 0.3) is 0 Å². The second kappa shape index (κ2) is 5.50. The summed E-state index contributed by atoms with van der Waals surface area (Å²) >= 11 is 0. The highest BCUT2D eigenvalue weighted by Crippen LogP contribution is 2.20. The van der Waals surface area contributed by atoms with E-state index in [1.54, 1.807) is 0 Å². The molecule has 0 bridgehead atoms. The Hall–Kier alpha value is -2.09. The van der Waals surface area contributed by atoms with Gasteiger partial charge in [0.05, 0.1) is 11.3 Å². The Labute approximate surface area is 105 Å². The molecular formula is C13H14FN3O. The zero-order chi connectivity index (χ0) is 13.0. The van der Waals surface area contributed by atoms with E-state index in [0.717, 1.165) is 12.8 Å². The third kappa shape index (κ3) is 2.98. The number of hydrogen-bond donors (Lipinski definition) is 2. The lowest BCUT2D eigenvalue weighted by Gasteiger charge is -2.17. The van der Waals surface area contributed by atoms with Crippen LogP contribution in [0.15, 0.2) is 18.2 Å². The maximum absolute atomic E-state index is 13.0. The van der Waals surface area contributed by atoms with Gasteiger partial charge in [-0.3, -0.25) is 4.79 Å². The lowest BCUT2D eigenvalue weighted by molar-refractivity contribution is -0.120. The van der Waals surface area contributed by atoms with Gasteiger partial charge in [0.1, 0.15) is 11.9 Å². The molecule has 94 valence electrons. The van der Waals surface area contributed by atoms with Gasteiger partial charge in [-0.25, -0.2) is 4.39 Å². The van der Waals surface area contributed by atoms with Crippen LogP contribution in [-0.2, 0) is 4.79 Å². The van der Waals surface area contributed by atoms with Gasteiger partial charge in [-0.15, -0.1) is 0 Å². The second-order valence-electron chi connectivity index (χ2n) is 4.34. The van der Waals surface area contributed by atoms with E-state index in [-0.39, 0.29) is 17.5 Å². The molecule has 0 spiro atoms. The topological polar surface area (TPSA) is 64.9 Å². The number of rotatable bonds is 2. The molecule has 2 N–H and O–H groups in total. The molecular weight excluding hydrogens is 233 g/mol. The van der Waals surface area contributed by atoms with Gasteiger partial charge in [-0.05, 0) is 31.0 Å². The molecule has 1 unspecified atom stereocenters. The van der Waals surface area contributed by atoms with Gasteiger partial charge in [-0.2, -0.15) is 5.26 Å². The van der Waals surface area contributed by atoms with Crippen molar-refractivity contribution in [1.29, 1.82) is 5.26 Å². The molecule has 1 saturated heterocycles. The van der Waals surface area contributed by atoms with Crippen LogP contribution in [0.2, 0.25) is 0 Å². The fourth-order valence-corrected chi connectivity index (χ4v) is 2.05. The van der Waals surface area contributed by atoms with Crippen molar-refractivity contribution in [2.45, 2.75) is 25.3 Å². The first-order valence-electron chi connectivity index (χ1n) is 5.92. The molecule has 1 aromatic rings. The summed E-state index contributed by atoms with van der Waals surface area (Å²) in [5.74, 6) is -0.429. The van der Waals surface area contributed by atoms with Crippen molar-refractivity contribution in [2.75, 3.05) is 11.9 Å². The van der Waals surface area contributed by atoms with Gasteiger partial charge in [-0.1, -0.05) is 0 Å². The van der Waals surface area contributed by atoms with Crippen molar-refractivity contribution < 1.29 is 9.18 Å². The third-order valence-electron chi connectivity index (χ3n) is 2.95. The van der Waals surface area contributed by atoms with Gasteiger partial charge < -0.3 is 10.6 Å². The number of carbonyl (C=O) groups excluding carboxylic acids is 1. The fourth-order valence-electron chi connectivity index (χ4n) is 2.05. The Morgan fingerprint density at radius 2 is 2.33 bits per heavy atom. The summed E-state index contributed by atoms with van der Waals surface area (Å²) < 4.78 is 13.0. The molecule has 1 aliphatic rings. The Kier molecular flexibility index (Phi) is 3.78. The number of halogens is 1. The predicted octanol–water partition coefficient (Wildman–Crippen LogP) is 1.78. The van der Waals surface area contributed by atoms with Crippen LogP contribution < -0.4 is 10.6 Å². The van der Waals surface area contributed by atoms with Gasteiger partial charge >= 0.3 is 0 Å². The summed E-state index contributed by atoms with van der Waals surface area (Å²) in [6.07, 6.45) is 2.12. The van der Waals surface area contributed by atoms with E-state index < -0.39 is 5.82 Å². The van der Waals surface area contributed by atoms with Crippen molar-refractivity contribution in [3.8, 4) is 6.07 Å². The minimum absolute atomic E-state index is 0.00520. The van der Waals surface area contributed by atoms with E-state index in [9.17, 15) is 9.18 Å². The third-order valence-corrected chi connectivity index (χ3v) is 2.95. The summed E-state index contributed by atoms with van der Waals surface area (Å²) in [5, 5.41) is 14.9. The number of nitrogens with one attached hydrogen (secondary N) is 2. The van der Waals surface area contributed by atoms with Crippen LogP contribution >= 0.6 is 0 Å². The minimum atomic E-state index is -0.435. The largest absolute Gasteiger partial charge is 0.381 e. The predicted molar refractivity (Wildman–Crippen MR) is 65.4 cm³/mol. The molecule has 1 aromatic carbocycles. The van der Waals surface area contributed by atoms with E-state index in [1.165, 1.54) is 18.2 Å². The smallest absolute Gasteiger partial charge is 0.222 e. The van der Waals surface area contributed by atoms with Crippen molar-refractivity contribution in [1.82, 2.24) is 5.32 Å². The minimum Gasteiger partial charge on any atom is -0.381 e. The standard InChI is InChI=1S/C13H14FN3O/c14-10-3-4-12(9(6-10)8-15)17-11-2-1-5-16-13(18)7-11/h3-4,6,11,17H,1-2,5,7H2,(H,16,18). The molecule has 5 heteroatoms. The van der Waals surface area contributed by atoms with Crippen LogP contribution in [-0.4, -0.2) is 18.5 Å². The Bertz CT molecular complexity index is 495. The van der Waals surface area contributed by atoms with Gasteiger partial charge in [0.15, 0.2) is 0 Å². The van der Waals surface area contributed by atoms with E-state index in [0.29, 0.717) is 18.7 Å². The molecule has 0 saturated carbocycles. The second-order valence-corrected chi connectivity index (χ2v) is 4.34. The molecule has 2 rings (SSSR count). The molecule has 0 aromatic heterocycles. The lowest BCUT2D eigenvalue weighted by atomic mass is 10.1. The highest BCUT2D eigenvalue weighted by molar-refractivity contribution is 5.77. The van der Waals surface area contributed by atoms with Crippen LogP contribution in [0, 0.1) is 17.1 Å². The maximum Gasteiger partial charge on any atom is 0.222 e. The molecule has 1 amide bonds. The SMILES string of the molecule is N#Cc1cc(F)ccc1NC1CCCNC(=O)C1. The number of anilines is 1. The van der Waals surface area contributed by atoms with Crippen LogP contribution in [0.3, 0.4) is 0 Å². The van der Waals surface area contributed by atoms with Crippen LogP contribution in [0.5, 0.6) is 0 Å². The summed E-state index contributed by atoms with van der Waals surface area (Å²) in [5.41, 5.74) is 0.846. The normalized spacial score (nSPS) is 19.6. The molecule has 18 heavy (non-hydrogen) atoms. The van der Waals surface area contributed by atoms with Gasteiger partial charge in [0.25, 0.3) is 0 Å². The van der Waals surface area contributed by atoms with E-state index in [2.05, 4.69) is 10.6 Å². The Morgan fingerprint density at radius 1 is 1.50 bits per heavy atom. The summed E-state index contributed by atoms with van der Waals surface area (Å²) in [6.45, 7) is 0.686. The summed E-state index contributed by atoms with van der Waals surface area (Å²) in [7, 11) is 0. The van der Waals surface area contributed by atoms with Crippen molar-refractivity contribution in [2.24, 2.45) is 0 Å². The molecule has 0 radical (unpaired) electrons. The average Bonchev–Trinajstić information content (AvgIpc) is 2.56. The molecule has 1 fully saturated rings. The summed E-state index contributed by atoms with van der Waals surface area (Å²) in [6, 6.07) is 5.98. The monoisotopic (exact) mass is 247 g/mol. The quantitative estimate of drug-likeness (QED) is 0.837. The number of nitrogens with zero attached hydrogens (tertiary/aromatic N) is 1. The van der Waals surface area contributed by atoms with E-state index in [4.69, 9.17) is 5.26 Å². The Balaban J connectivity index is 2.13. The van der Waals surface area contributed by atoms with E-state index in [1.807, 2.05) is 6.07 Å². The van der Waals surface area contributed by atoms with Gasteiger partial charge in [0.2, 0.25) is 5.91 Å². The molecule has 1 aliphatic heterocycles. The number of carbonyl (C=O) groups is 1. The first-order chi connectivity index (χ1) is 8.69. The van der Waals surface area contributed by atoms with Crippen LogP contribution in [0.1, 0.15) is 24.8 Å². The number of benzene rings is 1.